The maximum atomic E-state index is 11.1. The number of carbonyl (C=O) groups is 1. The Morgan fingerprint density at radius 3 is 3.14 bits per heavy atom. The summed E-state index contributed by atoms with van der Waals surface area (Å²) in [7, 11) is 1.37. The van der Waals surface area contributed by atoms with Crippen LogP contribution in [0.1, 0.15) is 21.7 Å². The van der Waals surface area contributed by atoms with Gasteiger partial charge in [-0.2, -0.15) is 12.6 Å². The van der Waals surface area contributed by atoms with Crippen LogP contribution in [0, 0.1) is 11.8 Å². The van der Waals surface area contributed by atoms with Crippen molar-refractivity contribution >= 4 is 29.9 Å². The first-order chi connectivity index (χ1) is 6.77. The van der Waals surface area contributed by atoms with Crippen LogP contribution in [0.4, 0.5) is 0 Å². The average Bonchev–Trinajstić information content (AvgIpc) is 2.66. The Morgan fingerprint density at radius 2 is 2.50 bits per heavy atom. The first-order valence-corrected chi connectivity index (χ1v) is 5.55. The molecule has 2 nitrogen and oxygen atoms in total. The summed E-state index contributed by atoms with van der Waals surface area (Å²) in [5.74, 6) is 6.34. The van der Waals surface area contributed by atoms with Gasteiger partial charge in [-0.05, 0) is 6.07 Å². The lowest BCUT2D eigenvalue weighted by atomic mass is 10.3. The molecule has 0 aliphatic heterocycles. The standard InChI is InChI=1S/C10H10O2S2/c1-12-10(11)9-6-8(7-14-9)4-2-3-5-13/h6-7,13H,3,5H2,1H3. The third-order valence-corrected chi connectivity index (χ3v) is 2.59. The van der Waals surface area contributed by atoms with Gasteiger partial charge in [-0.15, -0.1) is 11.3 Å². The van der Waals surface area contributed by atoms with Gasteiger partial charge in [0.15, 0.2) is 0 Å². The van der Waals surface area contributed by atoms with Crippen LogP contribution in [0.15, 0.2) is 11.4 Å². The summed E-state index contributed by atoms with van der Waals surface area (Å²) in [4.78, 5) is 11.7. The molecule has 1 heterocycles. The summed E-state index contributed by atoms with van der Waals surface area (Å²) in [6.45, 7) is 0. The van der Waals surface area contributed by atoms with E-state index in [-0.39, 0.29) is 5.97 Å². The molecule has 74 valence electrons. The molecule has 0 saturated carbocycles. The second-order valence-electron chi connectivity index (χ2n) is 2.47. The first kappa shape index (κ1) is 11.2. The van der Waals surface area contributed by atoms with Gasteiger partial charge >= 0.3 is 5.97 Å². The summed E-state index contributed by atoms with van der Waals surface area (Å²) in [6, 6.07) is 1.74. The Balaban J connectivity index is 2.70. The summed E-state index contributed by atoms with van der Waals surface area (Å²) in [5, 5.41) is 1.85. The predicted molar refractivity (Wildman–Crippen MR) is 61.0 cm³/mol. The zero-order valence-corrected chi connectivity index (χ0v) is 9.45. The van der Waals surface area contributed by atoms with E-state index < -0.39 is 0 Å². The Kier molecular flexibility index (Phi) is 4.57. The molecule has 1 aromatic rings. The van der Waals surface area contributed by atoms with E-state index >= 15 is 0 Å². The monoisotopic (exact) mass is 226 g/mol. The highest BCUT2D eigenvalue weighted by Gasteiger charge is 2.07. The van der Waals surface area contributed by atoms with Crippen LogP contribution in [0.25, 0.3) is 0 Å². The summed E-state index contributed by atoms with van der Waals surface area (Å²) in [5.41, 5.74) is 0.859. The molecule has 1 aromatic heterocycles. The predicted octanol–water partition coefficient (Wildman–Crippen LogP) is 2.21. The zero-order valence-electron chi connectivity index (χ0n) is 7.74. The molecule has 0 atom stereocenters. The van der Waals surface area contributed by atoms with Gasteiger partial charge in [0.1, 0.15) is 4.88 Å². The topological polar surface area (TPSA) is 26.3 Å². The number of hydrogen-bond acceptors (Lipinski definition) is 4. The van der Waals surface area contributed by atoms with Crippen LogP contribution < -0.4 is 0 Å². The van der Waals surface area contributed by atoms with Crippen molar-refractivity contribution in [2.75, 3.05) is 12.9 Å². The minimum absolute atomic E-state index is 0.308. The van der Waals surface area contributed by atoms with Crippen molar-refractivity contribution in [2.24, 2.45) is 0 Å². The minimum atomic E-state index is -0.308. The summed E-state index contributed by atoms with van der Waals surface area (Å²) >= 11 is 5.39. The van der Waals surface area contributed by atoms with Crippen LogP contribution in [-0.4, -0.2) is 18.8 Å². The lowest BCUT2D eigenvalue weighted by molar-refractivity contribution is 0.0606. The van der Waals surface area contributed by atoms with Crippen LogP contribution in [0.5, 0.6) is 0 Å². The van der Waals surface area contributed by atoms with Crippen molar-refractivity contribution in [3.8, 4) is 11.8 Å². The van der Waals surface area contributed by atoms with Crippen molar-refractivity contribution < 1.29 is 9.53 Å². The Labute approximate surface area is 92.7 Å². The van der Waals surface area contributed by atoms with E-state index in [1.54, 1.807) is 6.07 Å². The highest BCUT2D eigenvalue weighted by molar-refractivity contribution is 7.80. The molecule has 0 amide bonds. The van der Waals surface area contributed by atoms with E-state index in [0.717, 1.165) is 17.7 Å². The molecule has 4 heteroatoms. The van der Waals surface area contributed by atoms with E-state index in [9.17, 15) is 4.79 Å². The van der Waals surface area contributed by atoms with Gasteiger partial charge in [0, 0.05) is 23.1 Å². The van der Waals surface area contributed by atoms with Gasteiger partial charge in [0.25, 0.3) is 0 Å². The molecular weight excluding hydrogens is 216 g/mol. The summed E-state index contributed by atoms with van der Waals surface area (Å²) < 4.78 is 4.59. The number of thiol groups is 1. The smallest absolute Gasteiger partial charge is 0.348 e. The SMILES string of the molecule is COC(=O)c1cc(C#CCCS)cs1. The fourth-order valence-corrected chi connectivity index (χ4v) is 1.70. The molecule has 0 aromatic carbocycles. The highest BCUT2D eigenvalue weighted by Crippen LogP contribution is 2.14. The molecule has 14 heavy (non-hydrogen) atoms. The van der Waals surface area contributed by atoms with Crippen molar-refractivity contribution in [1.29, 1.82) is 0 Å². The van der Waals surface area contributed by atoms with Gasteiger partial charge in [-0.3, -0.25) is 0 Å². The maximum absolute atomic E-state index is 11.1. The molecule has 1 rings (SSSR count). The van der Waals surface area contributed by atoms with Gasteiger partial charge in [0.05, 0.1) is 7.11 Å². The lowest BCUT2D eigenvalue weighted by Crippen LogP contribution is -1.96. The quantitative estimate of drug-likeness (QED) is 0.475. The number of rotatable bonds is 2. The molecular formula is C10H10O2S2. The second-order valence-corrected chi connectivity index (χ2v) is 3.83. The molecule has 0 aliphatic rings. The molecule has 0 saturated heterocycles. The Hall–Kier alpha value is -0.920. The molecule has 0 bridgehead atoms. The van der Waals surface area contributed by atoms with Crippen molar-refractivity contribution in [3.05, 3.63) is 21.9 Å². The second kappa shape index (κ2) is 5.74. The molecule has 0 fully saturated rings. The Morgan fingerprint density at radius 1 is 1.71 bits per heavy atom. The van der Waals surface area contributed by atoms with E-state index in [0.29, 0.717) is 4.88 Å². The number of thiophene rings is 1. The number of hydrogen-bond donors (Lipinski definition) is 1. The molecule has 0 radical (unpaired) electrons. The number of esters is 1. The normalized spacial score (nSPS) is 9.00. The highest BCUT2D eigenvalue weighted by atomic mass is 32.1. The van der Waals surface area contributed by atoms with Crippen LogP contribution in [-0.2, 0) is 4.74 Å². The number of carbonyl (C=O) groups excluding carboxylic acids is 1. The third kappa shape index (κ3) is 3.09. The fourth-order valence-electron chi connectivity index (χ4n) is 0.830. The first-order valence-electron chi connectivity index (χ1n) is 4.04. The van der Waals surface area contributed by atoms with Crippen molar-refractivity contribution in [1.82, 2.24) is 0 Å². The Bertz CT molecular complexity index is 371. The largest absolute Gasteiger partial charge is 0.465 e. The number of ether oxygens (including phenoxy) is 1. The van der Waals surface area contributed by atoms with Gasteiger partial charge in [0.2, 0.25) is 0 Å². The van der Waals surface area contributed by atoms with E-state index in [1.807, 2.05) is 5.38 Å². The van der Waals surface area contributed by atoms with Crippen molar-refractivity contribution in [2.45, 2.75) is 6.42 Å². The van der Waals surface area contributed by atoms with Gasteiger partial charge in [-0.25, -0.2) is 4.79 Å². The van der Waals surface area contributed by atoms with Crippen LogP contribution >= 0.6 is 24.0 Å². The molecule has 0 aliphatic carbocycles. The zero-order chi connectivity index (χ0) is 10.4. The van der Waals surface area contributed by atoms with E-state index in [4.69, 9.17) is 0 Å². The van der Waals surface area contributed by atoms with Crippen molar-refractivity contribution in [3.63, 3.8) is 0 Å². The minimum Gasteiger partial charge on any atom is -0.465 e. The fraction of sp³-hybridized carbons (Fsp3) is 0.300. The summed E-state index contributed by atoms with van der Waals surface area (Å²) in [6.07, 6.45) is 0.756. The van der Waals surface area contributed by atoms with E-state index in [1.165, 1.54) is 18.4 Å². The third-order valence-electron chi connectivity index (χ3n) is 1.46. The molecule has 0 N–H and O–H groups in total. The van der Waals surface area contributed by atoms with Crippen LogP contribution in [0.3, 0.4) is 0 Å². The van der Waals surface area contributed by atoms with Gasteiger partial charge in [-0.1, -0.05) is 11.8 Å². The van der Waals surface area contributed by atoms with Gasteiger partial charge < -0.3 is 4.74 Å². The van der Waals surface area contributed by atoms with E-state index in [2.05, 4.69) is 29.2 Å². The van der Waals surface area contributed by atoms with Crippen LogP contribution in [0.2, 0.25) is 0 Å². The maximum Gasteiger partial charge on any atom is 0.348 e. The number of methoxy groups -OCH3 is 1. The lowest BCUT2D eigenvalue weighted by Gasteiger charge is -1.90. The molecule has 0 spiro atoms. The molecule has 0 unspecified atom stereocenters. The average molecular weight is 226 g/mol.